The Morgan fingerprint density at radius 1 is 1.12 bits per heavy atom. The minimum atomic E-state index is -0.631. The number of hydrogen-bond acceptors (Lipinski definition) is 6. The summed E-state index contributed by atoms with van der Waals surface area (Å²) in [4.78, 5) is 35.7. The van der Waals surface area contributed by atoms with E-state index in [0.717, 1.165) is 10.2 Å². The zero-order valence-corrected chi connectivity index (χ0v) is 15.4. The van der Waals surface area contributed by atoms with Crippen LogP contribution in [-0.4, -0.2) is 41.8 Å². The predicted molar refractivity (Wildman–Crippen MR) is 92.4 cm³/mol. The standard InChI is InChI=1S/C16H16BrN3O5/c1-9-13(17)7-18-20(9)8-14(21)19-12-5-10(15(22)24-2)4-11(6-12)16(23)25-3/h4-7H,8H2,1-3H3,(H,19,21). The molecule has 0 saturated carbocycles. The quantitative estimate of drug-likeness (QED) is 0.759. The molecule has 1 aromatic carbocycles. The molecule has 132 valence electrons. The molecule has 1 amide bonds. The fourth-order valence-electron chi connectivity index (χ4n) is 2.09. The Morgan fingerprint density at radius 3 is 2.12 bits per heavy atom. The van der Waals surface area contributed by atoms with Gasteiger partial charge in [0.05, 0.1) is 41.7 Å². The van der Waals surface area contributed by atoms with Crippen LogP contribution < -0.4 is 5.32 Å². The average molecular weight is 410 g/mol. The number of hydrogen-bond donors (Lipinski definition) is 1. The number of benzene rings is 1. The lowest BCUT2D eigenvalue weighted by molar-refractivity contribution is -0.116. The highest BCUT2D eigenvalue weighted by atomic mass is 79.9. The Labute approximate surface area is 152 Å². The summed E-state index contributed by atoms with van der Waals surface area (Å²) in [5.74, 6) is -1.63. The number of nitrogens with one attached hydrogen (secondary N) is 1. The van der Waals surface area contributed by atoms with E-state index in [9.17, 15) is 14.4 Å². The van der Waals surface area contributed by atoms with Gasteiger partial charge in [-0.2, -0.15) is 5.10 Å². The molecule has 0 unspecified atom stereocenters. The monoisotopic (exact) mass is 409 g/mol. The van der Waals surface area contributed by atoms with E-state index in [2.05, 4.69) is 35.8 Å². The van der Waals surface area contributed by atoms with Gasteiger partial charge in [-0.1, -0.05) is 0 Å². The van der Waals surface area contributed by atoms with Crippen molar-refractivity contribution in [1.82, 2.24) is 9.78 Å². The number of aromatic nitrogens is 2. The van der Waals surface area contributed by atoms with Crippen molar-refractivity contribution >= 4 is 39.5 Å². The Kier molecular flexibility index (Phi) is 5.92. The van der Waals surface area contributed by atoms with E-state index in [0.29, 0.717) is 0 Å². The molecule has 0 spiro atoms. The van der Waals surface area contributed by atoms with Crippen LogP contribution in [0.15, 0.2) is 28.9 Å². The molecule has 0 aliphatic carbocycles. The molecule has 2 rings (SSSR count). The summed E-state index contributed by atoms with van der Waals surface area (Å²) in [6, 6.07) is 4.17. The first kappa shape index (κ1) is 18.7. The topological polar surface area (TPSA) is 99.5 Å². The van der Waals surface area contributed by atoms with Gasteiger partial charge < -0.3 is 14.8 Å². The highest BCUT2D eigenvalue weighted by molar-refractivity contribution is 9.10. The molecule has 0 atom stereocenters. The van der Waals surface area contributed by atoms with E-state index >= 15 is 0 Å². The number of rotatable bonds is 5. The zero-order chi connectivity index (χ0) is 18.6. The van der Waals surface area contributed by atoms with Crippen LogP contribution in [0.1, 0.15) is 26.4 Å². The normalized spacial score (nSPS) is 10.2. The van der Waals surface area contributed by atoms with E-state index in [-0.39, 0.29) is 29.3 Å². The van der Waals surface area contributed by atoms with Crippen LogP contribution in [0.4, 0.5) is 5.69 Å². The third kappa shape index (κ3) is 4.44. The third-order valence-corrected chi connectivity index (χ3v) is 4.17. The molecule has 1 heterocycles. The van der Waals surface area contributed by atoms with Gasteiger partial charge in [-0.25, -0.2) is 9.59 Å². The number of nitrogens with zero attached hydrogens (tertiary/aromatic N) is 2. The molecule has 1 aromatic heterocycles. The highest BCUT2D eigenvalue weighted by Crippen LogP contribution is 2.18. The van der Waals surface area contributed by atoms with E-state index in [1.54, 1.807) is 6.20 Å². The van der Waals surface area contributed by atoms with Gasteiger partial charge in [0, 0.05) is 5.69 Å². The van der Waals surface area contributed by atoms with Crippen molar-refractivity contribution in [2.75, 3.05) is 19.5 Å². The molecule has 1 N–H and O–H groups in total. The molecular weight excluding hydrogens is 394 g/mol. The van der Waals surface area contributed by atoms with Crippen molar-refractivity contribution in [3.05, 3.63) is 45.7 Å². The lowest BCUT2D eigenvalue weighted by atomic mass is 10.1. The van der Waals surface area contributed by atoms with Crippen molar-refractivity contribution in [1.29, 1.82) is 0 Å². The first-order valence-electron chi connectivity index (χ1n) is 7.15. The maximum atomic E-state index is 12.2. The van der Waals surface area contributed by atoms with Crippen LogP contribution >= 0.6 is 15.9 Å². The lowest BCUT2D eigenvalue weighted by Gasteiger charge is -2.10. The summed E-state index contributed by atoms with van der Waals surface area (Å²) in [7, 11) is 2.45. The van der Waals surface area contributed by atoms with Crippen LogP contribution in [0.3, 0.4) is 0 Å². The molecule has 9 heteroatoms. The van der Waals surface area contributed by atoms with Gasteiger partial charge in [-0.05, 0) is 41.1 Å². The maximum absolute atomic E-state index is 12.2. The van der Waals surface area contributed by atoms with Crippen molar-refractivity contribution in [3.63, 3.8) is 0 Å². The molecule has 0 radical (unpaired) electrons. The number of ether oxygens (including phenoxy) is 2. The van der Waals surface area contributed by atoms with Crippen molar-refractivity contribution in [2.45, 2.75) is 13.5 Å². The molecule has 0 aliphatic heterocycles. The number of halogens is 1. The van der Waals surface area contributed by atoms with Gasteiger partial charge in [0.2, 0.25) is 5.91 Å². The summed E-state index contributed by atoms with van der Waals surface area (Å²) in [5, 5.41) is 6.71. The molecule has 8 nitrogen and oxygen atoms in total. The third-order valence-electron chi connectivity index (χ3n) is 3.40. The minimum Gasteiger partial charge on any atom is -0.465 e. The number of esters is 2. The van der Waals surface area contributed by atoms with E-state index in [4.69, 9.17) is 0 Å². The lowest BCUT2D eigenvalue weighted by Crippen LogP contribution is -2.21. The number of carbonyl (C=O) groups excluding carboxylic acids is 3. The number of anilines is 1. The molecule has 25 heavy (non-hydrogen) atoms. The summed E-state index contributed by atoms with van der Waals surface area (Å²) in [5.41, 5.74) is 1.32. The molecule has 2 aromatic rings. The second-order valence-corrected chi connectivity index (χ2v) is 5.92. The number of methoxy groups -OCH3 is 2. The summed E-state index contributed by atoms with van der Waals surface area (Å²) < 4.78 is 11.6. The fourth-order valence-corrected chi connectivity index (χ4v) is 2.39. The Morgan fingerprint density at radius 2 is 1.68 bits per heavy atom. The van der Waals surface area contributed by atoms with Gasteiger partial charge in [0.15, 0.2) is 0 Å². The van der Waals surface area contributed by atoms with Crippen LogP contribution in [0.25, 0.3) is 0 Å². The van der Waals surface area contributed by atoms with Crippen LogP contribution in [-0.2, 0) is 20.8 Å². The first-order chi connectivity index (χ1) is 11.8. The zero-order valence-electron chi connectivity index (χ0n) is 13.8. The largest absolute Gasteiger partial charge is 0.465 e. The van der Waals surface area contributed by atoms with Gasteiger partial charge in [-0.15, -0.1) is 0 Å². The number of amides is 1. The average Bonchev–Trinajstić information content (AvgIpc) is 2.91. The molecule has 0 fully saturated rings. The molecule has 0 saturated heterocycles. The minimum absolute atomic E-state index is 0.0204. The highest BCUT2D eigenvalue weighted by Gasteiger charge is 2.15. The van der Waals surface area contributed by atoms with E-state index in [1.165, 1.54) is 37.1 Å². The van der Waals surface area contributed by atoms with Crippen molar-refractivity contribution < 1.29 is 23.9 Å². The van der Waals surface area contributed by atoms with E-state index < -0.39 is 11.9 Å². The maximum Gasteiger partial charge on any atom is 0.337 e. The second kappa shape index (κ2) is 7.93. The van der Waals surface area contributed by atoms with Gasteiger partial charge >= 0.3 is 11.9 Å². The Bertz CT molecular complexity index is 797. The SMILES string of the molecule is COC(=O)c1cc(NC(=O)Cn2ncc(Br)c2C)cc(C(=O)OC)c1. The Balaban J connectivity index is 2.25. The summed E-state index contributed by atoms with van der Waals surface area (Å²) in [6.07, 6.45) is 1.59. The van der Waals surface area contributed by atoms with Gasteiger partial charge in [-0.3, -0.25) is 9.48 Å². The second-order valence-electron chi connectivity index (χ2n) is 5.07. The fraction of sp³-hybridized carbons (Fsp3) is 0.250. The molecular formula is C16H16BrN3O5. The Hall–Kier alpha value is -2.68. The smallest absolute Gasteiger partial charge is 0.337 e. The van der Waals surface area contributed by atoms with Crippen molar-refractivity contribution in [2.24, 2.45) is 0 Å². The van der Waals surface area contributed by atoms with Crippen LogP contribution in [0.2, 0.25) is 0 Å². The number of carbonyl (C=O) groups is 3. The van der Waals surface area contributed by atoms with E-state index in [1.807, 2.05) is 6.92 Å². The van der Waals surface area contributed by atoms with Crippen molar-refractivity contribution in [3.8, 4) is 0 Å². The molecule has 0 aliphatic rings. The molecule has 0 bridgehead atoms. The van der Waals surface area contributed by atoms with Gasteiger partial charge in [0.1, 0.15) is 6.54 Å². The van der Waals surface area contributed by atoms with Crippen LogP contribution in [0.5, 0.6) is 0 Å². The summed E-state index contributed by atoms with van der Waals surface area (Å²) >= 11 is 3.32. The first-order valence-corrected chi connectivity index (χ1v) is 7.94. The predicted octanol–water partition coefficient (Wildman–Crippen LogP) is 2.17. The van der Waals surface area contributed by atoms with Crippen LogP contribution in [0, 0.1) is 6.92 Å². The van der Waals surface area contributed by atoms with Gasteiger partial charge in [0.25, 0.3) is 0 Å². The summed E-state index contributed by atoms with van der Waals surface area (Å²) in [6.45, 7) is 1.80.